The van der Waals surface area contributed by atoms with Crippen molar-refractivity contribution in [3.05, 3.63) is 42.1 Å². The number of halogens is 3. The van der Waals surface area contributed by atoms with E-state index in [-0.39, 0.29) is 17.1 Å². The summed E-state index contributed by atoms with van der Waals surface area (Å²) in [4.78, 5) is 11.1. The maximum atomic E-state index is 12.7. The fraction of sp³-hybridized carbons (Fsp3) is 0.0769. The van der Waals surface area contributed by atoms with E-state index in [1.807, 2.05) is 0 Å². The lowest BCUT2D eigenvalue weighted by atomic mass is 10.1. The number of fused-ring (bicyclic) bond motifs is 1. The summed E-state index contributed by atoms with van der Waals surface area (Å²) in [6.07, 6.45) is -2.87. The van der Waals surface area contributed by atoms with E-state index in [1.54, 1.807) is 18.3 Å². The number of nitrogens with two attached hydrogens (primary N) is 1. The maximum Gasteiger partial charge on any atom is 0.416 e. The van der Waals surface area contributed by atoms with Gasteiger partial charge in [-0.15, -0.1) is 0 Å². The summed E-state index contributed by atoms with van der Waals surface area (Å²) in [6.45, 7) is 0. The van der Waals surface area contributed by atoms with Gasteiger partial charge in [0.05, 0.1) is 11.1 Å². The molecular formula is C13H9F3N4. The maximum absolute atomic E-state index is 12.7. The number of H-pyrrole nitrogens is 1. The summed E-state index contributed by atoms with van der Waals surface area (Å²) in [5.74, 6) is 0.266. The van der Waals surface area contributed by atoms with Gasteiger partial charge in [-0.1, -0.05) is 0 Å². The van der Waals surface area contributed by atoms with Crippen molar-refractivity contribution in [2.75, 3.05) is 5.73 Å². The van der Waals surface area contributed by atoms with Crippen LogP contribution in [0.4, 0.5) is 18.9 Å². The van der Waals surface area contributed by atoms with Gasteiger partial charge in [-0.05, 0) is 30.3 Å². The number of hydrogen-bond acceptors (Lipinski definition) is 3. The number of nitrogen functional groups attached to an aromatic ring is 1. The molecule has 0 unspecified atom stereocenters. The van der Waals surface area contributed by atoms with Crippen LogP contribution in [0.2, 0.25) is 0 Å². The summed E-state index contributed by atoms with van der Waals surface area (Å²) >= 11 is 0. The third-order valence-electron chi connectivity index (χ3n) is 2.89. The average Bonchev–Trinajstić information content (AvgIpc) is 2.81. The Morgan fingerprint density at radius 1 is 1.15 bits per heavy atom. The van der Waals surface area contributed by atoms with Gasteiger partial charge in [0.2, 0.25) is 0 Å². The van der Waals surface area contributed by atoms with Gasteiger partial charge in [-0.3, -0.25) is 0 Å². The van der Waals surface area contributed by atoms with Crippen LogP contribution in [0.3, 0.4) is 0 Å². The average molecular weight is 278 g/mol. The van der Waals surface area contributed by atoms with Crippen molar-refractivity contribution in [2.45, 2.75) is 6.18 Å². The van der Waals surface area contributed by atoms with Crippen LogP contribution >= 0.6 is 0 Å². The highest BCUT2D eigenvalue weighted by atomic mass is 19.4. The number of nitrogens with zero attached hydrogens (tertiary/aromatic N) is 2. The van der Waals surface area contributed by atoms with Gasteiger partial charge < -0.3 is 10.7 Å². The molecule has 3 aromatic rings. The van der Waals surface area contributed by atoms with E-state index < -0.39 is 11.7 Å². The first-order valence-corrected chi connectivity index (χ1v) is 5.73. The topological polar surface area (TPSA) is 67.6 Å². The predicted molar refractivity (Wildman–Crippen MR) is 68.7 cm³/mol. The molecular weight excluding hydrogens is 269 g/mol. The quantitative estimate of drug-likeness (QED) is 0.671. The van der Waals surface area contributed by atoms with Gasteiger partial charge >= 0.3 is 6.18 Å². The highest BCUT2D eigenvalue weighted by Gasteiger charge is 2.31. The molecule has 0 fully saturated rings. The largest absolute Gasteiger partial charge is 0.416 e. The van der Waals surface area contributed by atoms with Crippen molar-refractivity contribution in [1.82, 2.24) is 15.0 Å². The minimum Gasteiger partial charge on any atom is -0.398 e. The molecule has 0 aliphatic heterocycles. The SMILES string of the molecule is Nc1ccc(C(F)(F)F)cc1-c1nc2ncccc2[nH]1. The van der Waals surface area contributed by atoms with Crippen LogP contribution in [0.1, 0.15) is 5.56 Å². The number of hydrogen-bond donors (Lipinski definition) is 2. The summed E-state index contributed by atoms with van der Waals surface area (Å²) < 4.78 is 38.2. The molecule has 3 rings (SSSR count). The molecule has 4 nitrogen and oxygen atoms in total. The minimum absolute atomic E-state index is 0.206. The Morgan fingerprint density at radius 2 is 1.95 bits per heavy atom. The number of pyridine rings is 1. The first-order valence-electron chi connectivity index (χ1n) is 5.73. The van der Waals surface area contributed by atoms with Gasteiger partial charge in [-0.25, -0.2) is 9.97 Å². The van der Waals surface area contributed by atoms with Crippen molar-refractivity contribution in [2.24, 2.45) is 0 Å². The summed E-state index contributed by atoms with van der Waals surface area (Å²) in [7, 11) is 0. The summed E-state index contributed by atoms with van der Waals surface area (Å²) in [5.41, 5.74) is 6.46. The smallest absolute Gasteiger partial charge is 0.398 e. The fourth-order valence-corrected chi connectivity index (χ4v) is 1.91. The van der Waals surface area contributed by atoms with Crippen molar-refractivity contribution >= 4 is 16.9 Å². The lowest BCUT2D eigenvalue weighted by molar-refractivity contribution is -0.137. The minimum atomic E-state index is -4.42. The highest BCUT2D eigenvalue weighted by Crippen LogP contribution is 2.34. The Morgan fingerprint density at radius 3 is 2.65 bits per heavy atom. The van der Waals surface area contributed by atoms with E-state index in [1.165, 1.54) is 6.07 Å². The molecule has 102 valence electrons. The van der Waals surface area contributed by atoms with Crippen molar-refractivity contribution < 1.29 is 13.2 Å². The molecule has 1 aromatic carbocycles. The second kappa shape index (κ2) is 4.22. The first kappa shape index (κ1) is 12.5. The molecule has 0 saturated heterocycles. The monoisotopic (exact) mass is 278 g/mol. The zero-order valence-electron chi connectivity index (χ0n) is 10.1. The van der Waals surface area contributed by atoms with Crippen molar-refractivity contribution in [3.8, 4) is 11.4 Å². The molecule has 0 radical (unpaired) electrons. The highest BCUT2D eigenvalue weighted by molar-refractivity contribution is 5.80. The van der Waals surface area contributed by atoms with Crippen LogP contribution in [0.15, 0.2) is 36.5 Å². The second-order valence-electron chi connectivity index (χ2n) is 4.26. The van der Waals surface area contributed by atoms with Gasteiger partial charge in [0, 0.05) is 17.4 Å². The second-order valence-corrected chi connectivity index (χ2v) is 4.26. The number of anilines is 1. The van der Waals surface area contributed by atoms with Gasteiger partial charge in [0.1, 0.15) is 5.82 Å². The van der Waals surface area contributed by atoms with E-state index >= 15 is 0 Å². The van der Waals surface area contributed by atoms with Crippen LogP contribution in [-0.4, -0.2) is 15.0 Å². The third-order valence-corrected chi connectivity index (χ3v) is 2.89. The van der Waals surface area contributed by atoms with Gasteiger partial charge in [-0.2, -0.15) is 13.2 Å². The summed E-state index contributed by atoms with van der Waals surface area (Å²) in [6, 6.07) is 6.59. The van der Waals surface area contributed by atoms with Crippen LogP contribution in [-0.2, 0) is 6.18 Å². The van der Waals surface area contributed by atoms with E-state index in [2.05, 4.69) is 15.0 Å². The van der Waals surface area contributed by atoms with Crippen LogP contribution in [0.25, 0.3) is 22.6 Å². The predicted octanol–water partition coefficient (Wildman–Crippen LogP) is 3.23. The molecule has 0 atom stereocenters. The Balaban J connectivity index is 2.17. The van der Waals surface area contributed by atoms with Gasteiger partial charge in [0.25, 0.3) is 0 Å². The number of imidazole rings is 1. The standard InChI is InChI=1S/C13H9F3N4/c14-13(15,16)7-3-4-9(17)8(6-7)11-19-10-2-1-5-18-12(10)20-11/h1-6H,17H2,(H,18,19,20). The lowest BCUT2D eigenvalue weighted by Gasteiger charge is -2.09. The molecule has 0 aliphatic carbocycles. The number of alkyl halides is 3. The van der Waals surface area contributed by atoms with E-state index in [0.717, 1.165) is 12.1 Å². The Bertz CT molecular complexity index is 744. The third kappa shape index (κ3) is 2.07. The number of benzene rings is 1. The molecule has 0 spiro atoms. The Kier molecular flexibility index (Phi) is 2.63. The first-order chi connectivity index (χ1) is 9.45. The number of aromatic amines is 1. The van der Waals surface area contributed by atoms with E-state index in [0.29, 0.717) is 11.2 Å². The number of aromatic nitrogens is 3. The Hall–Kier alpha value is -2.57. The molecule has 7 heteroatoms. The molecule has 0 saturated carbocycles. The van der Waals surface area contributed by atoms with Crippen LogP contribution < -0.4 is 5.73 Å². The number of rotatable bonds is 1. The molecule has 0 bridgehead atoms. The normalized spacial score (nSPS) is 11.9. The molecule has 2 heterocycles. The summed E-state index contributed by atoms with van der Waals surface area (Å²) in [5, 5.41) is 0. The Labute approximate surface area is 111 Å². The van der Waals surface area contributed by atoms with E-state index in [4.69, 9.17) is 5.73 Å². The lowest BCUT2D eigenvalue weighted by Crippen LogP contribution is -2.06. The molecule has 3 N–H and O–H groups in total. The molecule has 2 aromatic heterocycles. The van der Waals surface area contributed by atoms with Crippen molar-refractivity contribution in [1.29, 1.82) is 0 Å². The molecule has 20 heavy (non-hydrogen) atoms. The van der Waals surface area contributed by atoms with Crippen LogP contribution in [0.5, 0.6) is 0 Å². The zero-order valence-corrected chi connectivity index (χ0v) is 10.1. The van der Waals surface area contributed by atoms with E-state index in [9.17, 15) is 13.2 Å². The van der Waals surface area contributed by atoms with Crippen molar-refractivity contribution in [3.63, 3.8) is 0 Å². The zero-order chi connectivity index (χ0) is 14.3. The van der Waals surface area contributed by atoms with Crippen LogP contribution in [0, 0.1) is 0 Å². The van der Waals surface area contributed by atoms with Gasteiger partial charge in [0.15, 0.2) is 5.65 Å². The molecule has 0 amide bonds. The molecule has 0 aliphatic rings. The fourth-order valence-electron chi connectivity index (χ4n) is 1.91. The number of nitrogens with one attached hydrogen (secondary N) is 1.